The minimum absolute atomic E-state index is 0.0804. The number of carbonyl (C=O) groups is 2. The van der Waals surface area contributed by atoms with Crippen molar-refractivity contribution in [2.24, 2.45) is 0 Å². The number of nitrogens with one attached hydrogen (secondary N) is 1. The number of hydrogen-bond acceptors (Lipinski definition) is 6. The lowest BCUT2D eigenvalue weighted by molar-refractivity contribution is -0.384. The molecule has 0 atom stereocenters. The van der Waals surface area contributed by atoms with Crippen LogP contribution in [0.15, 0.2) is 48.5 Å². The first-order chi connectivity index (χ1) is 16.1. The average Bonchev–Trinajstić information content (AvgIpc) is 3.05. The Bertz CT molecular complexity index is 1270. The van der Waals surface area contributed by atoms with E-state index in [4.69, 9.17) is 16.3 Å². The molecule has 0 unspecified atom stereocenters. The fourth-order valence-corrected chi connectivity index (χ4v) is 3.45. The first-order valence-electron chi connectivity index (χ1n) is 10.3. The summed E-state index contributed by atoms with van der Waals surface area (Å²) in [5, 5.41) is 18.2. The van der Waals surface area contributed by atoms with Gasteiger partial charge in [0.05, 0.1) is 17.2 Å². The molecule has 1 aromatic heterocycles. The number of aryl methyl sites for hydroxylation is 3. The molecule has 1 heterocycles. The normalized spacial score (nSPS) is 10.9. The van der Waals surface area contributed by atoms with Crippen molar-refractivity contribution >= 4 is 40.9 Å². The van der Waals surface area contributed by atoms with Gasteiger partial charge in [-0.2, -0.15) is 5.10 Å². The number of nitrogens with zero attached hydrogens (tertiary/aromatic N) is 3. The van der Waals surface area contributed by atoms with Gasteiger partial charge in [0.1, 0.15) is 5.15 Å². The number of halogens is 1. The summed E-state index contributed by atoms with van der Waals surface area (Å²) in [6.07, 6.45) is 2.67. The number of anilines is 1. The predicted molar refractivity (Wildman–Crippen MR) is 129 cm³/mol. The van der Waals surface area contributed by atoms with Crippen molar-refractivity contribution in [1.82, 2.24) is 9.78 Å². The summed E-state index contributed by atoms with van der Waals surface area (Å²) >= 11 is 6.45. The zero-order valence-corrected chi connectivity index (χ0v) is 19.6. The van der Waals surface area contributed by atoms with Gasteiger partial charge in [-0.15, -0.1) is 0 Å². The molecule has 3 rings (SSSR count). The van der Waals surface area contributed by atoms with Gasteiger partial charge in [-0.3, -0.25) is 14.9 Å². The van der Waals surface area contributed by atoms with Crippen LogP contribution in [0.5, 0.6) is 0 Å². The van der Waals surface area contributed by atoms with Crippen LogP contribution in [0.25, 0.3) is 6.08 Å². The number of aromatic nitrogens is 2. The Hall–Kier alpha value is -3.98. The Morgan fingerprint density at radius 1 is 1.18 bits per heavy atom. The Kier molecular flexibility index (Phi) is 7.80. The molecule has 0 spiro atoms. The molecule has 0 bridgehead atoms. The molecule has 0 fully saturated rings. The lowest BCUT2D eigenvalue weighted by Gasteiger charge is -2.08. The van der Waals surface area contributed by atoms with Gasteiger partial charge >= 0.3 is 5.97 Å². The monoisotopic (exact) mass is 482 g/mol. The van der Waals surface area contributed by atoms with Crippen LogP contribution < -0.4 is 5.32 Å². The molecule has 3 aromatic rings. The smallest absolute Gasteiger partial charge is 0.331 e. The zero-order chi connectivity index (χ0) is 24.8. The molecule has 2 aromatic carbocycles. The molecule has 0 aliphatic rings. The minimum atomic E-state index is -0.725. The fourth-order valence-electron chi connectivity index (χ4n) is 3.15. The van der Waals surface area contributed by atoms with E-state index in [1.165, 1.54) is 30.4 Å². The molecule has 34 heavy (non-hydrogen) atoms. The lowest BCUT2D eigenvalue weighted by atomic mass is 10.1. The van der Waals surface area contributed by atoms with E-state index in [0.717, 1.165) is 11.1 Å². The van der Waals surface area contributed by atoms with Crippen molar-refractivity contribution in [1.29, 1.82) is 0 Å². The predicted octanol–water partition coefficient (Wildman–Crippen LogP) is 4.61. The van der Waals surface area contributed by atoms with Crippen LogP contribution in [0, 0.1) is 30.9 Å². The number of hydrogen-bond donors (Lipinski definition) is 1. The largest absolute Gasteiger partial charge is 0.452 e. The molecular formula is C24H23ClN4O5. The molecule has 0 aliphatic heterocycles. The van der Waals surface area contributed by atoms with Crippen molar-refractivity contribution in [2.45, 2.75) is 27.3 Å². The third-order valence-electron chi connectivity index (χ3n) is 4.99. The molecule has 1 amide bonds. The summed E-state index contributed by atoms with van der Waals surface area (Å²) in [5.74, 6) is -1.30. The Labute approximate surface area is 201 Å². The molecule has 0 aliphatic carbocycles. The number of nitro benzene ring substituents is 1. The highest BCUT2D eigenvalue weighted by molar-refractivity contribution is 6.31. The van der Waals surface area contributed by atoms with Crippen LogP contribution in [0.1, 0.15) is 27.9 Å². The fraction of sp³-hybridized carbons (Fsp3) is 0.208. The van der Waals surface area contributed by atoms with E-state index in [0.29, 0.717) is 34.2 Å². The van der Waals surface area contributed by atoms with E-state index in [1.54, 1.807) is 18.5 Å². The standard InChI is InChI=1S/C24H23ClN4O5/c1-15-4-6-18(7-5-15)13-28-24(25)20(17(3)27-28)9-11-23(31)34-14-22(30)26-21-10-8-19(29(32)33)12-16(21)2/h4-12H,13-14H2,1-3H3,(H,26,30)/b11-9+. The Morgan fingerprint density at radius 2 is 1.88 bits per heavy atom. The van der Waals surface area contributed by atoms with E-state index in [1.807, 2.05) is 31.2 Å². The molecule has 0 radical (unpaired) electrons. The Balaban J connectivity index is 1.56. The number of rotatable bonds is 8. The van der Waals surface area contributed by atoms with Crippen LogP contribution in [0.2, 0.25) is 5.15 Å². The topological polar surface area (TPSA) is 116 Å². The molecule has 176 valence electrons. The van der Waals surface area contributed by atoms with Gasteiger partial charge in [0, 0.05) is 29.5 Å². The van der Waals surface area contributed by atoms with Crippen molar-refractivity contribution in [3.05, 3.63) is 91.8 Å². The van der Waals surface area contributed by atoms with E-state index in [9.17, 15) is 19.7 Å². The maximum atomic E-state index is 12.1. The second-order valence-electron chi connectivity index (χ2n) is 7.68. The maximum Gasteiger partial charge on any atom is 0.331 e. The van der Waals surface area contributed by atoms with Gasteiger partial charge in [-0.25, -0.2) is 9.48 Å². The second-order valence-corrected chi connectivity index (χ2v) is 8.04. The summed E-state index contributed by atoms with van der Waals surface area (Å²) in [5.41, 5.74) is 4.25. The van der Waals surface area contributed by atoms with Crippen LogP contribution in [-0.4, -0.2) is 33.2 Å². The summed E-state index contributed by atoms with van der Waals surface area (Å²) in [6.45, 7) is 5.39. The third-order valence-corrected chi connectivity index (χ3v) is 5.39. The van der Waals surface area contributed by atoms with Gasteiger partial charge in [-0.05, 0) is 44.0 Å². The van der Waals surface area contributed by atoms with Crippen LogP contribution in [-0.2, 0) is 20.9 Å². The first kappa shape index (κ1) is 24.7. The molecule has 0 saturated heterocycles. The zero-order valence-electron chi connectivity index (χ0n) is 18.9. The van der Waals surface area contributed by atoms with Crippen molar-refractivity contribution < 1.29 is 19.2 Å². The van der Waals surface area contributed by atoms with E-state index in [2.05, 4.69) is 10.4 Å². The quantitative estimate of drug-likeness (QED) is 0.217. The summed E-state index contributed by atoms with van der Waals surface area (Å²) in [7, 11) is 0. The summed E-state index contributed by atoms with van der Waals surface area (Å²) in [4.78, 5) is 34.5. The van der Waals surface area contributed by atoms with Gasteiger partial charge in [0.15, 0.2) is 6.61 Å². The van der Waals surface area contributed by atoms with Gasteiger partial charge in [0.25, 0.3) is 11.6 Å². The number of ether oxygens (including phenoxy) is 1. The molecule has 9 nitrogen and oxygen atoms in total. The SMILES string of the molecule is Cc1ccc(Cn2nc(C)c(/C=C/C(=O)OCC(=O)Nc3ccc([N+](=O)[O-])cc3C)c2Cl)cc1. The molecule has 1 N–H and O–H groups in total. The van der Waals surface area contributed by atoms with Crippen LogP contribution in [0.4, 0.5) is 11.4 Å². The molecular weight excluding hydrogens is 460 g/mol. The summed E-state index contributed by atoms with van der Waals surface area (Å²) < 4.78 is 6.62. The van der Waals surface area contributed by atoms with Gasteiger partial charge < -0.3 is 10.1 Å². The third kappa shape index (κ3) is 6.29. The number of amides is 1. The van der Waals surface area contributed by atoms with Crippen molar-refractivity contribution in [3.8, 4) is 0 Å². The lowest BCUT2D eigenvalue weighted by Crippen LogP contribution is -2.20. The highest BCUT2D eigenvalue weighted by Crippen LogP contribution is 2.23. The molecule has 0 saturated carbocycles. The second kappa shape index (κ2) is 10.8. The Morgan fingerprint density at radius 3 is 2.53 bits per heavy atom. The highest BCUT2D eigenvalue weighted by Gasteiger charge is 2.14. The minimum Gasteiger partial charge on any atom is -0.452 e. The van der Waals surface area contributed by atoms with Crippen molar-refractivity contribution in [3.63, 3.8) is 0 Å². The van der Waals surface area contributed by atoms with Gasteiger partial charge in [0.2, 0.25) is 0 Å². The highest BCUT2D eigenvalue weighted by atomic mass is 35.5. The maximum absolute atomic E-state index is 12.1. The van der Waals surface area contributed by atoms with Gasteiger partial charge in [-0.1, -0.05) is 41.4 Å². The van der Waals surface area contributed by atoms with Crippen LogP contribution in [0.3, 0.4) is 0 Å². The first-order valence-corrected chi connectivity index (χ1v) is 10.7. The average molecular weight is 483 g/mol. The molecule has 10 heteroatoms. The van der Waals surface area contributed by atoms with E-state index < -0.39 is 23.4 Å². The van der Waals surface area contributed by atoms with Crippen LogP contribution >= 0.6 is 11.6 Å². The van der Waals surface area contributed by atoms with E-state index in [-0.39, 0.29) is 5.69 Å². The number of non-ortho nitro benzene ring substituents is 1. The van der Waals surface area contributed by atoms with Crippen molar-refractivity contribution in [2.75, 3.05) is 11.9 Å². The summed E-state index contributed by atoms with van der Waals surface area (Å²) in [6, 6.07) is 12.1. The number of nitro groups is 1. The number of benzene rings is 2. The number of carbonyl (C=O) groups excluding carboxylic acids is 2. The number of esters is 1. The van der Waals surface area contributed by atoms with E-state index >= 15 is 0 Å².